The Kier molecular flexibility index (Phi) is 8.01. The average Bonchev–Trinajstić information content (AvgIpc) is 3.34. The summed E-state index contributed by atoms with van der Waals surface area (Å²) in [5, 5.41) is 2.82. The highest BCUT2D eigenvalue weighted by atomic mass is 16.5. The quantitative estimate of drug-likeness (QED) is 0.436. The molecule has 0 saturated carbocycles. The molecule has 1 fully saturated rings. The van der Waals surface area contributed by atoms with Gasteiger partial charge in [-0.05, 0) is 69.0 Å². The van der Waals surface area contributed by atoms with E-state index in [1.165, 1.54) is 5.56 Å². The van der Waals surface area contributed by atoms with Crippen LogP contribution in [-0.2, 0) is 4.79 Å². The number of amides is 3. The third-order valence-corrected chi connectivity index (χ3v) is 7.63. The van der Waals surface area contributed by atoms with Crippen molar-refractivity contribution in [1.82, 2.24) is 15.1 Å². The fourth-order valence-corrected chi connectivity index (χ4v) is 5.46. The van der Waals surface area contributed by atoms with Gasteiger partial charge in [-0.1, -0.05) is 48.0 Å². The molecule has 1 N–H and O–H groups in total. The number of piperazine rings is 1. The molecular weight excluding hydrogens is 516 g/mol. The Morgan fingerprint density at radius 2 is 1.80 bits per heavy atom. The van der Waals surface area contributed by atoms with Crippen LogP contribution in [0.5, 0.6) is 11.5 Å². The number of nitrogens with one attached hydrogen (secondary N) is 1. The molecule has 41 heavy (non-hydrogen) atoms. The Bertz CT molecular complexity index is 1500. The summed E-state index contributed by atoms with van der Waals surface area (Å²) in [6, 6.07) is 19.1. The molecule has 2 aliphatic heterocycles. The summed E-state index contributed by atoms with van der Waals surface area (Å²) in [5.74, 6) is 1.56. The predicted molar refractivity (Wildman–Crippen MR) is 160 cm³/mol. The Morgan fingerprint density at radius 3 is 2.49 bits per heavy atom. The number of hydrogen-bond donors (Lipinski definition) is 1. The largest absolute Gasteiger partial charge is 0.497 e. The van der Waals surface area contributed by atoms with Crippen molar-refractivity contribution in [1.29, 1.82) is 0 Å². The Hall–Kier alpha value is -4.33. The zero-order valence-corrected chi connectivity index (χ0v) is 24.6. The number of benzene rings is 3. The first kappa shape index (κ1) is 28.2. The van der Waals surface area contributed by atoms with Gasteiger partial charge < -0.3 is 19.7 Å². The van der Waals surface area contributed by atoms with E-state index in [2.05, 4.69) is 43.4 Å². The second-order valence-electron chi connectivity index (χ2n) is 11.1. The topological polar surface area (TPSA) is 83.5 Å². The van der Waals surface area contributed by atoms with Crippen molar-refractivity contribution in [3.63, 3.8) is 0 Å². The van der Waals surface area contributed by atoms with Crippen molar-refractivity contribution < 1.29 is 19.1 Å². The molecule has 0 spiro atoms. The smallest absolute Gasteiger partial charge is 0.326 e. The van der Waals surface area contributed by atoms with E-state index < -0.39 is 6.04 Å². The van der Waals surface area contributed by atoms with Crippen molar-refractivity contribution >= 4 is 17.8 Å². The number of amidine groups is 1. The molecule has 0 aliphatic carbocycles. The summed E-state index contributed by atoms with van der Waals surface area (Å²) in [5.41, 5.74) is 6.13. The van der Waals surface area contributed by atoms with Crippen molar-refractivity contribution in [2.24, 2.45) is 4.99 Å². The van der Waals surface area contributed by atoms with Gasteiger partial charge in [-0.2, -0.15) is 0 Å². The van der Waals surface area contributed by atoms with Gasteiger partial charge in [0, 0.05) is 19.2 Å². The van der Waals surface area contributed by atoms with Gasteiger partial charge in [0.2, 0.25) is 5.91 Å². The van der Waals surface area contributed by atoms with Crippen LogP contribution in [0.1, 0.15) is 59.3 Å². The lowest BCUT2D eigenvalue weighted by atomic mass is 9.91. The molecule has 0 bridgehead atoms. The minimum absolute atomic E-state index is 0.00454. The number of aliphatic imine (C=N–C) groups is 1. The van der Waals surface area contributed by atoms with E-state index >= 15 is 0 Å². The monoisotopic (exact) mass is 554 g/mol. The summed E-state index contributed by atoms with van der Waals surface area (Å²) in [4.78, 5) is 35.5. The second-order valence-corrected chi connectivity index (χ2v) is 11.1. The van der Waals surface area contributed by atoms with E-state index in [0.29, 0.717) is 36.0 Å². The molecule has 2 atom stereocenters. The Balaban J connectivity index is 1.73. The number of aryl methyl sites for hydroxylation is 3. The number of nitrogens with zero attached hydrogens (tertiary/aromatic N) is 3. The SMILES string of the molecule is COc1ccc(C2=N[C@@H](c3ccc(C)c(C)c3)[C@H](c3cccc(C)c3)N2C(=O)N2CCNC(=O)C2)c(OC(C)C)c1. The standard InChI is InChI=1S/C33H38N4O4/c1-20(2)41-28-18-26(40-6)12-13-27(28)32-35-30(24-11-10-22(4)23(5)17-24)31(25-9-7-8-21(3)16-25)37(32)33(39)36-15-14-34-29(38)19-36/h7-13,16-18,20,30-31H,14-15,19H2,1-6H3,(H,34,38)/t30-,31-/m0/s1. The molecule has 8 nitrogen and oxygen atoms in total. The highest BCUT2D eigenvalue weighted by Gasteiger charge is 2.45. The van der Waals surface area contributed by atoms with Gasteiger partial charge in [-0.15, -0.1) is 0 Å². The molecule has 8 heteroatoms. The molecule has 3 aromatic carbocycles. The van der Waals surface area contributed by atoms with Gasteiger partial charge in [-0.25, -0.2) is 4.79 Å². The summed E-state index contributed by atoms with van der Waals surface area (Å²) >= 11 is 0. The van der Waals surface area contributed by atoms with Gasteiger partial charge in [-0.3, -0.25) is 14.7 Å². The highest BCUT2D eigenvalue weighted by molar-refractivity contribution is 6.11. The van der Waals surface area contributed by atoms with Crippen LogP contribution in [0.4, 0.5) is 4.79 Å². The maximum atomic E-state index is 14.5. The summed E-state index contributed by atoms with van der Waals surface area (Å²) in [6.45, 7) is 11.0. The predicted octanol–water partition coefficient (Wildman–Crippen LogP) is 5.50. The number of methoxy groups -OCH3 is 1. The number of carbonyl (C=O) groups is 2. The Labute approximate surface area is 242 Å². The van der Waals surface area contributed by atoms with Crippen LogP contribution in [-0.4, -0.2) is 60.4 Å². The van der Waals surface area contributed by atoms with Crippen LogP contribution in [0, 0.1) is 20.8 Å². The van der Waals surface area contributed by atoms with E-state index in [0.717, 1.165) is 22.3 Å². The van der Waals surface area contributed by atoms with E-state index in [9.17, 15) is 9.59 Å². The molecule has 2 aliphatic rings. The fraction of sp³-hybridized carbons (Fsp3) is 0.364. The van der Waals surface area contributed by atoms with E-state index in [4.69, 9.17) is 14.5 Å². The molecule has 3 aromatic rings. The summed E-state index contributed by atoms with van der Waals surface area (Å²) < 4.78 is 11.8. The van der Waals surface area contributed by atoms with Crippen LogP contribution in [0.3, 0.4) is 0 Å². The number of hydrogen-bond acceptors (Lipinski definition) is 5. The highest BCUT2D eigenvalue weighted by Crippen LogP contribution is 2.46. The summed E-state index contributed by atoms with van der Waals surface area (Å²) in [6.07, 6.45) is -0.110. The maximum Gasteiger partial charge on any atom is 0.326 e. The lowest BCUT2D eigenvalue weighted by molar-refractivity contribution is -0.123. The molecule has 214 valence electrons. The third kappa shape index (κ3) is 5.78. The van der Waals surface area contributed by atoms with Crippen molar-refractivity contribution in [2.75, 3.05) is 26.7 Å². The fourth-order valence-electron chi connectivity index (χ4n) is 5.46. The van der Waals surface area contributed by atoms with Gasteiger partial charge in [0.05, 0.1) is 24.8 Å². The van der Waals surface area contributed by atoms with Crippen LogP contribution in [0.2, 0.25) is 0 Å². The molecule has 3 amide bonds. The van der Waals surface area contributed by atoms with Crippen LogP contribution < -0.4 is 14.8 Å². The molecular formula is C33H38N4O4. The number of carbonyl (C=O) groups excluding carboxylic acids is 2. The van der Waals surface area contributed by atoms with Crippen LogP contribution in [0.15, 0.2) is 65.7 Å². The van der Waals surface area contributed by atoms with Crippen molar-refractivity contribution in [3.8, 4) is 11.5 Å². The molecule has 2 heterocycles. The molecule has 0 radical (unpaired) electrons. The number of rotatable bonds is 6. The third-order valence-electron chi connectivity index (χ3n) is 7.63. The van der Waals surface area contributed by atoms with Crippen LogP contribution >= 0.6 is 0 Å². The maximum absolute atomic E-state index is 14.5. The van der Waals surface area contributed by atoms with Gasteiger partial charge in [0.25, 0.3) is 0 Å². The van der Waals surface area contributed by atoms with Gasteiger partial charge in [0.1, 0.15) is 29.9 Å². The first-order valence-electron chi connectivity index (χ1n) is 14.1. The normalized spacial score (nSPS) is 18.8. The molecule has 0 unspecified atom stereocenters. The zero-order valence-electron chi connectivity index (χ0n) is 24.6. The minimum atomic E-state index is -0.432. The van der Waals surface area contributed by atoms with E-state index in [1.807, 2.05) is 57.2 Å². The summed E-state index contributed by atoms with van der Waals surface area (Å²) in [7, 11) is 1.61. The van der Waals surface area contributed by atoms with E-state index in [-0.39, 0.29) is 30.6 Å². The minimum Gasteiger partial charge on any atom is -0.497 e. The number of ether oxygens (including phenoxy) is 2. The molecule has 1 saturated heterocycles. The van der Waals surface area contributed by atoms with Crippen molar-refractivity contribution in [3.05, 3.63) is 94.0 Å². The zero-order chi connectivity index (χ0) is 29.3. The number of urea groups is 1. The van der Waals surface area contributed by atoms with Crippen molar-refractivity contribution in [2.45, 2.75) is 52.8 Å². The second kappa shape index (κ2) is 11.6. The lowest BCUT2D eigenvalue weighted by Gasteiger charge is -2.36. The van der Waals surface area contributed by atoms with Crippen LogP contribution in [0.25, 0.3) is 0 Å². The molecule has 5 rings (SSSR count). The van der Waals surface area contributed by atoms with E-state index in [1.54, 1.807) is 16.9 Å². The van der Waals surface area contributed by atoms with Gasteiger partial charge >= 0.3 is 6.03 Å². The molecule has 0 aromatic heterocycles. The van der Waals surface area contributed by atoms with Gasteiger partial charge in [0.15, 0.2) is 0 Å². The average molecular weight is 555 g/mol. The first-order valence-corrected chi connectivity index (χ1v) is 14.1. The first-order chi connectivity index (χ1) is 19.7. The lowest BCUT2D eigenvalue weighted by Crippen LogP contribution is -2.55. The Morgan fingerprint density at radius 1 is 1.00 bits per heavy atom.